The molecule has 0 aromatic carbocycles. The molecule has 0 spiro atoms. The summed E-state index contributed by atoms with van der Waals surface area (Å²) in [6, 6.07) is 0. The highest BCUT2D eigenvalue weighted by atomic mass is 16.6. The van der Waals surface area contributed by atoms with Crippen molar-refractivity contribution in [1.82, 2.24) is 0 Å². The van der Waals surface area contributed by atoms with Gasteiger partial charge in [-0.25, -0.2) is 4.79 Å². The summed E-state index contributed by atoms with van der Waals surface area (Å²) < 4.78 is 9.56. The zero-order valence-corrected chi connectivity index (χ0v) is 6.79. The predicted molar refractivity (Wildman–Crippen MR) is 40.9 cm³/mol. The van der Waals surface area contributed by atoms with Gasteiger partial charge in [0.05, 0.1) is 6.61 Å². The fourth-order valence-corrected chi connectivity index (χ4v) is 0.501. The van der Waals surface area contributed by atoms with E-state index in [-0.39, 0.29) is 12.6 Å². The van der Waals surface area contributed by atoms with Crippen LogP contribution in [0.5, 0.6) is 0 Å². The van der Waals surface area contributed by atoms with E-state index >= 15 is 0 Å². The second-order valence-corrected chi connectivity index (χ2v) is 1.91. The second kappa shape index (κ2) is 5.75. The molecule has 0 aliphatic carbocycles. The maximum Gasteiger partial charge on any atom is 0.334 e. The molecule has 0 aliphatic heterocycles. The van der Waals surface area contributed by atoms with Gasteiger partial charge in [-0.3, -0.25) is 0 Å². The normalized spacial score (nSPS) is 11.7. The van der Waals surface area contributed by atoms with Gasteiger partial charge in [-0.2, -0.15) is 0 Å². The van der Waals surface area contributed by atoms with Crippen LogP contribution in [-0.2, 0) is 14.3 Å². The molecule has 3 heteroatoms. The molecular formula is C8H12O3. The zero-order valence-electron chi connectivity index (χ0n) is 6.79. The Balaban J connectivity index is 3.57. The van der Waals surface area contributed by atoms with Crippen molar-refractivity contribution >= 4 is 5.97 Å². The van der Waals surface area contributed by atoms with E-state index in [2.05, 4.69) is 10.7 Å². The summed E-state index contributed by atoms with van der Waals surface area (Å²) in [6.07, 6.45) is 4.36. The van der Waals surface area contributed by atoms with E-state index in [1.165, 1.54) is 0 Å². The molecule has 0 fully saturated rings. The minimum atomic E-state index is -0.564. The monoisotopic (exact) mass is 156 g/mol. The standard InChI is InChI=1S/C8H12O3/c1-4-6-11-7(3)8(9)10-5-2/h1,7H,5-6H2,2-3H3. The average Bonchev–Trinajstić information content (AvgIpc) is 2.00. The van der Waals surface area contributed by atoms with Gasteiger partial charge in [0.15, 0.2) is 6.10 Å². The van der Waals surface area contributed by atoms with E-state index in [0.29, 0.717) is 6.61 Å². The molecule has 0 heterocycles. The summed E-state index contributed by atoms with van der Waals surface area (Å²) in [7, 11) is 0. The van der Waals surface area contributed by atoms with Crippen LogP contribution in [0.4, 0.5) is 0 Å². The third-order valence-electron chi connectivity index (χ3n) is 1.04. The van der Waals surface area contributed by atoms with Crippen LogP contribution in [0.1, 0.15) is 13.8 Å². The smallest absolute Gasteiger partial charge is 0.334 e. The molecule has 11 heavy (non-hydrogen) atoms. The highest BCUT2D eigenvalue weighted by molar-refractivity contribution is 5.74. The lowest BCUT2D eigenvalue weighted by molar-refractivity contribution is -0.154. The lowest BCUT2D eigenvalue weighted by atomic mass is 10.4. The first kappa shape index (κ1) is 9.99. The van der Waals surface area contributed by atoms with Gasteiger partial charge in [-0.15, -0.1) is 6.42 Å². The van der Waals surface area contributed by atoms with Crippen molar-refractivity contribution in [2.45, 2.75) is 20.0 Å². The van der Waals surface area contributed by atoms with E-state index < -0.39 is 6.10 Å². The first-order valence-electron chi connectivity index (χ1n) is 3.44. The van der Waals surface area contributed by atoms with Gasteiger partial charge in [-0.05, 0) is 13.8 Å². The number of rotatable bonds is 4. The highest BCUT2D eigenvalue weighted by Crippen LogP contribution is 1.93. The fourth-order valence-electron chi connectivity index (χ4n) is 0.501. The van der Waals surface area contributed by atoms with Crippen molar-refractivity contribution in [3.63, 3.8) is 0 Å². The molecule has 0 amide bonds. The molecule has 0 aliphatic rings. The SMILES string of the molecule is C#CCOC(C)C(=O)OCC. The summed E-state index contributed by atoms with van der Waals surface area (Å²) in [5, 5.41) is 0. The molecule has 0 N–H and O–H groups in total. The third kappa shape index (κ3) is 4.40. The Hall–Kier alpha value is -1.01. The number of esters is 1. The van der Waals surface area contributed by atoms with E-state index in [4.69, 9.17) is 11.2 Å². The van der Waals surface area contributed by atoms with Gasteiger partial charge in [-0.1, -0.05) is 5.92 Å². The number of carbonyl (C=O) groups is 1. The van der Waals surface area contributed by atoms with E-state index in [1.54, 1.807) is 13.8 Å². The largest absolute Gasteiger partial charge is 0.464 e. The highest BCUT2D eigenvalue weighted by Gasteiger charge is 2.12. The van der Waals surface area contributed by atoms with E-state index in [1.807, 2.05) is 0 Å². The Labute approximate surface area is 66.7 Å². The van der Waals surface area contributed by atoms with E-state index in [0.717, 1.165) is 0 Å². The van der Waals surface area contributed by atoms with Gasteiger partial charge < -0.3 is 9.47 Å². The molecule has 0 rings (SSSR count). The van der Waals surface area contributed by atoms with Crippen LogP contribution in [0.3, 0.4) is 0 Å². The number of hydrogen-bond acceptors (Lipinski definition) is 3. The molecular weight excluding hydrogens is 144 g/mol. The maximum atomic E-state index is 10.8. The summed E-state index contributed by atoms with van der Waals surface area (Å²) in [5.74, 6) is 1.89. The first-order valence-corrected chi connectivity index (χ1v) is 3.44. The van der Waals surface area contributed by atoms with Crippen LogP contribution < -0.4 is 0 Å². The minimum Gasteiger partial charge on any atom is -0.464 e. The first-order chi connectivity index (χ1) is 5.22. The van der Waals surface area contributed by atoms with Gasteiger partial charge in [0.1, 0.15) is 6.61 Å². The van der Waals surface area contributed by atoms with Crippen LogP contribution in [0.2, 0.25) is 0 Å². The Morgan fingerprint density at radius 3 is 2.82 bits per heavy atom. The van der Waals surface area contributed by atoms with Crippen LogP contribution in [0.25, 0.3) is 0 Å². The molecule has 0 aromatic rings. The van der Waals surface area contributed by atoms with Gasteiger partial charge in [0, 0.05) is 0 Å². The topological polar surface area (TPSA) is 35.5 Å². The molecule has 0 saturated heterocycles. The molecule has 0 saturated carbocycles. The Bertz CT molecular complexity index is 157. The summed E-state index contributed by atoms with van der Waals surface area (Å²) in [6.45, 7) is 3.85. The number of hydrogen-bond donors (Lipinski definition) is 0. The predicted octanol–water partition coefficient (Wildman–Crippen LogP) is 0.588. The van der Waals surface area contributed by atoms with Crippen molar-refractivity contribution in [1.29, 1.82) is 0 Å². The molecule has 3 nitrogen and oxygen atoms in total. The fraction of sp³-hybridized carbons (Fsp3) is 0.625. The van der Waals surface area contributed by atoms with Crippen molar-refractivity contribution in [3.8, 4) is 12.3 Å². The van der Waals surface area contributed by atoms with E-state index in [9.17, 15) is 4.79 Å². The summed E-state index contributed by atoms with van der Waals surface area (Å²) >= 11 is 0. The second-order valence-electron chi connectivity index (χ2n) is 1.91. The van der Waals surface area contributed by atoms with Gasteiger partial charge in [0.25, 0.3) is 0 Å². The number of terminal acetylenes is 1. The zero-order chi connectivity index (χ0) is 8.69. The molecule has 1 atom stereocenters. The number of ether oxygens (including phenoxy) is 2. The molecule has 1 unspecified atom stereocenters. The Morgan fingerprint density at radius 1 is 1.73 bits per heavy atom. The van der Waals surface area contributed by atoms with Crippen LogP contribution in [0.15, 0.2) is 0 Å². The maximum absolute atomic E-state index is 10.8. The summed E-state index contributed by atoms with van der Waals surface area (Å²) in [4.78, 5) is 10.8. The van der Waals surface area contributed by atoms with Gasteiger partial charge in [0.2, 0.25) is 0 Å². The summed E-state index contributed by atoms with van der Waals surface area (Å²) in [5.41, 5.74) is 0. The number of carbonyl (C=O) groups excluding carboxylic acids is 1. The Kier molecular flexibility index (Phi) is 5.22. The molecule has 62 valence electrons. The van der Waals surface area contributed by atoms with Crippen molar-refractivity contribution in [3.05, 3.63) is 0 Å². The van der Waals surface area contributed by atoms with Crippen molar-refractivity contribution in [2.75, 3.05) is 13.2 Å². The van der Waals surface area contributed by atoms with Crippen LogP contribution in [0, 0.1) is 12.3 Å². The van der Waals surface area contributed by atoms with Crippen molar-refractivity contribution in [2.24, 2.45) is 0 Å². The van der Waals surface area contributed by atoms with Gasteiger partial charge >= 0.3 is 5.97 Å². The quantitative estimate of drug-likeness (QED) is 0.441. The van der Waals surface area contributed by atoms with Crippen LogP contribution in [-0.4, -0.2) is 25.3 Å². The average molecular weight is 156 g/mol. The lowest BCUT2D eigenvalue weighted by Crippen LogP contribution is -2.23. The molecule has 0 bridgehead atoms. The lowest BCUT2D eigenvalue weighted by Gasteiger charge is -2.08. The molecule has 0 aromatic heterocycles. The van der Waals surface area contributed by atoms with Crippen LogP contribution >= 0.6 is 0 Å². The minimum absolute atomic E-state index is 0.139. The van der Waals surface area contributed by atoms with Crippen molar-refractivity contribution < 1.29 is 14.3 Å². The molecule has 0 radical (unpaired) electrons. The third-order valence-corrected chi connectivity index (χ3v) is 1.04. The Morgan fingerprint density at radius 2 is 2.36 bits per heavy atom.